The molecular formula is C14H14Cl-. The maximum absolute atomic E-state index is 2.18. The number of benzene rings is 2. The van der Waals surface area contributed by atoms with E-state index in [4.69, 9.17) is 0 Å². The summed E-state index contributed by atoms with van der Waals surface area (Å²) < 4.78 is 0. The molecule has 0 saturated heterocycles. The largest absolute Gasteiger partial charge is 1.00 e. The van der Waals surface area contributed by atoms with Gasteiger partial charge >= 0.3 is 0 Å². The van der Waals surface area contributed by atoms with Crippen molar-refractivity contribution in [1.82, 2.24) is 0 Å². The minimum absolute atomic E-state index is 0. The van der Waals surface area contributed by atoms with Gasteiger partial charge < -0.3 is 12.4 Å². The zero-order chi connectivity index (χ0) is 9.64. The van der Waals surface area contributed by atoms with Crippen LogP contribution in [0.4, 0.5) is 0 Å². The van der Waals surface area contributed by atoms with Gasteiger partial charge in [0.2, 0.25) is 0 Å². The van der Waals surface area contributed by atoms with Crippen LogP contribution in [0.3, 0.4) is 0 Å². The Morgan fingerprint density at radius 3 is 1.20 bits per heavy atom. The van der Waals surface area contributed by atoms with E-state index in [2.05, 4.69) is 60.7 Å². The van der Waals surface area contributed by atoms with Gasteiger partial charge in [-0.2, -0.15) is 0 Å². The highest BCUT2D eigenvalue weighted by Gasteiger charge is 1.93. The molecule has 0 aliphatic rings. The fourth-order valence-corrected chi connectivity index (χ4v) is 1.58. The number of hydrogen-bond acceptors (Lipinski definition) is 0. The highest BCUT2D eigenvalue weighted by molar-refractivity contribution is 5.19. The first kappa shape index (κ1) is 11.8. The smallest absolute Gasteiger partial charge is 0.0238 e. The van der Waals surface area contributed by atoms with Gasteiger partial charge in [0, 0.05) is 0 Å². The van der Waals surface area contributed by atoms with E-state index < -0.39 is 0 Å². The lowest BCUT2D eigenvalue weighted by molar-refractivity contribution is -0.00000280. The molecule has 0 fully saturated rings. The molecule has 0 bridgehead atoms. The fourth-order valence-electron chi connectivity index (χ4n) is 1.58. The zero-order valence-corrected chi connectivity index (χ0v) is 9.32. The lowest BCUT2D eigenvalue weighted by atomic mass is 10.0. The zero-order valence-electron chi connectivity index (χ0n) is 8.57. The third-order valence-electron chi connectivity index (χ3n) is 2.39. The molecule has 0 saturated carbocycles. The van der Waals surface area contributed by atoms with Crippen molar-refractivity contribution >= 4 is 0 Å². The molecular weight excluding hydrogens is 204 g/mol. The molecule has 0 amide bonds. The Morgan fingerprint density at radius 1 is 0.533 bits per heavy atom. The summed E-state index contributed by atoms with van der Waals surface area (Å²) in [4.78, 5) is 0. The molecule has 0 atom stereocenters. The summed E-state index contributed by atoms with van der Waals surface area (Å²) in [5.74, 6) is 0. The van der Waals surface area contributed by atoms with Crippen molar-refractivity contribution < 1.29 is 12.4 Å². The van der Waals surface area contributed by atoms with Crippen LogP contribution in [-0.2, 0) is 12.8 Å². The van der Waals surface area contributed by atoms with E-state index in [1.165, 1.54) is 11.1 Å². The van der Waals surface area contributed by atoms with Crippen LogP contribution in [0.25, 0.3) is 0 Å². The quantitative estimate of drug-likeness (QED) is 0.702. The molecule has 0 heterocycles. The monoisotopic (exact) mass is 217 g/mol. The van der Waals surface area contributed by atoms with E-state index in [-0.39, 0.29) is 12.4 Å². The van der Waals surface area contributed by atoms with E-state index in [9.17, 15) is 0 Å². The van der Waals surface area contributed by atoms with Crippen LogP contribution in [-0.4, -0.2) is 0 Å². The van der Waals surface area contributed by atoms with Crippen LogP contribution in [0.1, 0.15) is 11.1 Å². The lowest BCUT2D eigenvalue weighted by Crippen LogP contribution is -3.00. The van der Waals surface area contributed by atoms with Crippen LogP contribution in [0, 0.1) is 0 Å². The molecule has 0 aromatic heterocycles. The minimum atomic E-state index is 0. The van der Waals surface area contributed by atoms with Crippen molar-refractivity contribution in [2.45, 2.75) is 12.8 Å². The molecule has 2 rings (SSSR count). The second-order valence-electron chi connectivity index (χ2n) is 3.47. The van der Waals surface area contributed by atoms with Crippen LogP contribution < -0.4 is 12.4 Å². The van der Waals surface area contributed by atoms with Crippen LogP contribution in [0.2, 0.25) is 0 Å². The Kier molecular flexibility index (Phi) is 4.92. The van der Waals surface area contributed by atoms with Crippen molar-refractivity contribution in [1.29, 1.82) is 0 Å². The first-order chi connectivity index (χ1) is 6.95. The fraction of sp³-hybridized carbons (Fsp3) is 0.143. The average Bonchev–Trinajstić information content (AvgIpc) is 2.29. The molecule has 0 N–H and O–H groups in total. The topological polar surface area (TPSA) is 0 Å². The summed E-state index contributed by atoms with van der Waals surface area (Å²) in [6, 6.07) is 21.2. The maximum Gasteiger partial charge on any atom is -0.0238 e. The third-order valence-corrected chi connectivity index (χ3v) is 2.39. The highest BCUT2D eigenvalue weighted by Crippen LogP contribution is 2.06. The van der Waals surface area contributed by atoms with Gasteiger partial charge in [0.25, 0.3) is 0 Å². The standard InChI is InChI=1S/C14H14.ClH/c1-3-7-13(8-4-1)11-12-14-9-5-2-6-10-14;/h1-10H,11-12H2;1H/p-1. The molecule has 0 unspecified atom stereocenters. The van der Waals surface area contributed by atoms with Crippen molar-refractivity contribution in [3.8, 4) is 0 Å². The van der Waals surface area contributed by atoms with E-state index >= 15 is 0 Å². The molecule has 15 heavy (non-hydrogen) atoms. The van der Waals surface area contributed by atoms with E-state index in [1.807, 2.05) is 0 Å². The molecule has 2 aromatic carbocycles. The number of rotatable bonds is 3. The molecule has 0 radical (unpaired) electrons. The molecule has 0 nitrogen and oxygen atoms in total. The number of aryl methyl sites for hydroxylation is 2. The SMILES string of the molecule is [Cl-].c1ccc(CCc2ccccc2)cc1. The summed E-state index contributed by atoms with van der Waals surface area (Å²) in [6.07, 6.45) is 2.26. The number of halogens is 1. The minimum Gasteiger partial charge on any atom is -1.00 e. The van der Waals surface area contributed by atoms with Gasteiger partial charge in [-0.25, -0.2) is 0 Å². The molecule has 0 spiro atoms. The van der Waals surface area contributed by atoms with Gasteiger partial charge in [0.05, 0.1) is 0 Å². The first-order valence-corrected chi connectivity index (χ1v) is 5.03. The summed E-state index contributed by atoms with van der Waals surface area (Å²) >= 11 is 0. The van der Waals surface area contributed by atoms with Gasteiger partial charge in [-0.3, -0.25) is 0 Å². The second kappa shape index (κ2) is 6.26. The summed E-state index contributed by atoms with van der Waals surface area (Å²) in [7, 11) is 0. The van der Waals surface area contributed by atoms with Gasteiger partial charge in [0.1, 0.15) is 0 Å². The molecule has 1 heteroatoms. The summed E-state index contributed by atoms with van der Waals surface area (Å²) in [5.41, 5.74) is 2.83. The van der Waals surface area contributed by atoms with Gasteiger partial charge in [-0.05, 0) is 24.0 Å². The van der Waals surface area contributed by atoms with E-state index in [1.54, 1.807) is 0 Å². The Hall–Kier alpha value is -1.27. The molecule has 2 aromatic rings. The first-order valence-electron chi connectivity index (χ1n) is 5.03. The average molecular weight is 218 g/mol. The predicted molar refractivity (Wildman–Crippen MR) is 60.3 cm³/mol. The van der Waals surface area contributed by atoms with Gasteiger partial charge in [0.15, 0.2) is 0 Å². The Balaban J connectivity index is 0.00000112. The Bertz CT molecular complexity index is 328. The van der Waals surface area contributed by atoms with E-state index in [0.717, 1.165) is 12.8 Å². The van der Waals surface area contributed by atoms with E-state index in [0.29, 0.717) is 0 Å². The van der Waals surface area contributed by atoms with Crippen LogP contribution >= 0.6 is 0 Å². The molecule has 0 aliphatic heterocycles. The number of hydrogen-bond donors (Lipinski definition) is 0. The normalized spacial score (nSPS) is 9.33. The Morgan fingerprint density at radius 2 is 0.867 bits per heavy atom. The van der Waals surface area contributed by atoms with Crippen LogP contribution in [0.15, 0.2) is 60.7 Å². The molecule has 78 valence electrons. The maximum atomic E-state index is 2.18. The molecule has 0 aliphatic carbocycles. The highest BCUT2D eigenvalue weighted by atomic mass is 35.5. The van der Waals surface area contributed by atoms with Crippen molar-refractivity contribution in [2.24, 2.45) is 0 Å². The summed E-state index contributed by atoms with van der Waals surface area (Å²) in [5, 5.41) is 0. The van der Waals surface area contributed by atoms with Crippen LogP contribution in [0.5, 0.6) is 0 Å². The third kappa shape index (κ3) is 3.77. The second-order valence-corrected chi connectivity index (χ2v) is 3.47. The van der Waals surface area contributed by atoms with Gasteiger partial charge in [-0.1, -0.05) is 60.7 Å². The van der Waals surface area contributed by atoms with Crippen molar-refractivity contribution in [2.75, 3.05) is 0 Å². The summed E-state index contributed by atoms with van der Waals surface area (Å²) in [6.45, 7) is 0. The van der Waals surface area contributed by atoms with Crippen molar-refractivity contribution in [3.63, 3.8) is 0 Å². The predicted octanol–water partition coefficient (Wildman–Crippen LogP) is 0.476. The van der Waals surface area contributed by atoms with Gasteiger partial charge in [-0.15, -0.1) is 0 Å². The van der Waals surface area contributed by atoms with Crippen molar-refractivity contribution in [3.05, 3.63) is 71.8 Å². The lowest BCUT2D eigenvalue weighted by Gasteiger charge is -2.01. The Labute approximate surface area is 97.4 Å².